The van der Waals surface area contributed by atoms with Crippen LogP contribution in [-0.4, -0.2) is 16.4 Å². The molecule has 0 rings (SSSR count). The van der Waals surface area contributed by atoms with Gasteiger partial charge in [0.05, 0.1) is 0 Å². The quantitative estimate of drug-likeness (QED) is 0.519. The third-order valence-electron chi connectivity index (χ3n) is 1.50. The molecular formula is C10H18O2S. The Morgan fingerprint density at radius 3 is 1.38 bits per heavy atom. The molecule has 3 heteroatoms. The van der Waals surface area contributed by atoms with E-state index in [0.29, 0.717) is 6.42 Å². The molecule has 0 N–H and O–H groups in total. The maximum absolute atomic E-state index is 10.2. The fourth-order valence-electron chi connectivity index (χ4n) is 0.499. The standard InChI is InChI=1S/C5H8O2.C5H10S/c1-3-5(7)4(2)6;1-3-5(6)4-2/h3H2,1-2H3;3-4H2,1-2H3. The normalized spacial score (nSPS) is 8.31. The van der Waals surface area contributed by atoms with Crippen molar-refractivity contribution in [1.82, 2.24) is 0 Å². The summed E-state index contributed by atoms with van der Waals surface area (Å²) >= 11 is 4.86. The molecule has 13 heavy (non-hydrogen) atoms. The zero-order valence-corrected chi connectivity index (χ0v) is 9.66. The summed E-state index contributed by atoms with van der Waals surface area (Å²) < 4.78 is 0. The summed E-state index contributed by atoms with van der Waals surface area (Å²) in [5.74, 6) is -0.637. The summed E-state index contributed by atoms with van der Waals surface area (Å²) in [6.45, 7) is 7.13. The van der Waals surface area contributed by atoms with Crippen molar-refractivity contribution in [1.29, 1.82) is 0 Å². The lowest BCUT2D eigenvalue weighted by molar-refractivity contribution is -0.135. The lowest BCUT2D eigenvalue weighted by atomic mass is 10.2. The van der Waals surface area contributed by atoms with Crippen molar-refractivity contribution < 1.29 is 9.59 Å². The fraction of sp³-hybridized carbons (Fsp3) is 0.700. The SMILES string of the molecule is CCC(=O)C(C)=O.CCC(=S)CC. The average molecular weight is 202 g/mol. The molecule has 0 aliphatic rings. The minimum Gasteiger partial charge on any atom is -0.291 e. The number of carbonyl (C=O) groups excluding carboxylic acids is 2. The zero-order chi connectivity index (χ0) is 10.9. The van der Waals surface area contributed by atoms with Crippen LogP contribution in [0.25, 0.3) is 0 Å². The van der Waals surface area contributed by atoms with E-state index in [4.69, 9.17) is 12.2 Å². The van der Waals surface area contributed by atoms with E-state index in [0.717, 1.165) is 12.8 Å². The van der Waals surface area contributed by atoms with Gasteiger partial charge in [-0.15, -0.1) is 0 Å². The second kappa shape index (κ2) is 9.52. The number of thiocarbonyl (C=S) groups is 1. The lowest BCUT2D eigenvalue weighted by Crippen LogP contribution is -2.06. The van der Waals surface area contributed by atoms with Gasteiger partial charge in [-0.3, -0.25) is 9.59 Å². The Morgan fingerprint density at radius 1 is 1.00 bits per heavy atom. The molecule has 0 aliphatic heterocycles. The van der Waals surface area contributed by atoms with Crippen LogP contribution in [0.3, 0.4) is 0 Å². The maximum atomic E-state index is 10.2. The van der Waals surface area contributed by atoms with Gasteiger partial charge < -0.3 is 0 Å². The first-order valence-electron chi connectivity index (χ1n) is 4.54. The maximum Gasteiger partial charge on any atom is 0.197 e. The topological polar surface area (TPSA) is 34.1 Å². The molecule has 0 aromatic heterocycles. The molecule has 2 nitrogen and oxygen atoms in total. The number of hydrogen-bond acceptors (Lipinski definition) is 3. The van der Waals surface area contributed by atoms with Crippen molar-refractivity contribution in [3.63, 3.8) is 0 Å². The molecule has 76 valence electrons. The van der Waals surface area contributed by atoms with Crippen LogP contribution in [0.15, 0.2) is 0 Å². The Kier molecular flexibility index (Phi) is 10.9. The van der Waals surface area contributed by atoms with E-state index < -0.39 is 0 Å². The molecule has 0 spiro atoms. The van der Waals surface area contributed by atoms with E-state index in [1.54, 1.807) is 6.92 Å². The third-order valence-corrected chi connectivity index (χ3v) is 2.08. The van der Waals surface area contributed by atoms with Crippen LogP contribution < -0.4 is 0 Å². The summed E-state index contributed by atoms with van der Waals surface area (Å²) in [4.78, 5) is 21.4. The van der Waals surface area contributed by atoms with Crippen molar-refractivity contribution in [2.75, 3.05) is 0 Å². The summed E-state index contributed by atoms with van der Waals surface area (Å²) in [6.07, 6.45) is 2.45. The molecule has 0 atom stereocenters. The van der Waals surface area contributed by atoms with Crippen molar-refractivity contribution >= 4 is 28.6 Å². The Morgan fingerprint density at radius 2 is 1.38 bits per heavy atom. The van der Waals surface area contributed by atoms with Gasteiger partial charge in [-0.1, -0.05) is 33.0 Å². The van der Waals surface area contributed by atoms with E-state index in [9.17, 15) is 9.59 Å². The highest BCUT2D eigenvalue weighted by molar-refractivity contribution is 7.80. The van der Waals surface area contributed by atoms with Gasteiger partial charge in [0.25, 0.3) is 0 Å². The lowest BCUT2D eigenvalue weighted by Gasteiger charge is -1.86. The molecule has 0 bridgehead atoms. The van der Waals surface area contributed by atoms with Crippen molar-refractivity contribution in [2.24, 2.45) is 0 Å². The van der Waals surface area contributed by atoms with Gasteiger partial charge in [0.2, 0.25) is 0 Å². The first kappa shape index (κ1) is 14.9. The summed E-state index contributed by atoms with van der Waals surface area (Å²) in [5.41, 5.74) is 0. The van der Waals surface area contributed by atoms with Crippen LogP contribution in [0.5, 0.6) is 0 Å². The van der Waals surface area contributed by atoms with Gasteiger partial charge in [-0.2, -0.15) is 0 Å². The Bertz CT molecular complexity index is 179. The molecule has 0 saturated heterocycles. The van der Waals surface area contributed by atoms with Crippen LogP contribution in [0.4, 0.5) is 0 Å². The Labute approximate surface area is 85.7 Å². The Hall–Kier alpha value is -0.570. The molecule has 0 radical (unpaired) electrons. The van der Waals surface area contributed by atoms with Crippen molar-refractivity contribution in [3.8, 4) is 0 Å². The largest absolute Gasteiger partial charge is 0.291 e. The molecule has 0 aromatic rings. The van der Waals surface area contributed by atoms with Gasteiger partial charge in [0, 0.05) is 13.3 Å². The van der Waals surface area contributed by atoms with Crippen molar-refractivity contribution in [2.45, 2.75) is 47.0 Å². The molecule has 0 heterocycles. The highest BCUT2D eigenvalue weighted by Gasteiger charge is 2.00. The van der Waals surface area contributed by atoms with Crippen LogP contribution in [0.2, 0.25) is 0 Å². The van der Waals surface area contributed by atoms with Gasteiger partial charge in [-0.05, 0) is 17.7 Å². The summed E-state index contributed by atoms with van der Waals surface area (Å²) in [7, 11) is 0. The Balaban J connectivity index is 0. The molecule has 0 fully saturated rings. The van der Waals surface area contributed by atoms with Crippen LogP contribution in [0, 0.1) is 0 Å². The zero-order valence-electron chi connectivity index (χ0n) is 8.85. The molecule has 0 aromatic carbocycles. The van der Waals surface area contributed by atoms with Gasteiger partial charge >= 0.3 is 0 Å². The van der Waals surface area contributed by atoms with E-state index in [1.807, 2.05) is 0 Å². The number of carbonyl (C=O) groups is 2. The van der Waals surface area contributed by atoms with Gasteiger partial charge in [0.1, 0.15) is 0 Å². The average Bonchev–Trinajstić information content (AvgIpc) is 2.16. The molecule has 0 unspecified atom stereocenters. The second-order valence-electron chi connectivity index (χ2n) is 2.58. The van der Waals surface area contributed by atoms with Crippen molar-refractivity contribution in [3.05, 3.63) is 0 Å². The third kappa shape index (κ3) is 11.4. The minimum atomic E-state index is -0.345. The fourth-order valence-corrected chi connectivity index (χ4v) is 0.499. The number of rotatable bonds is 4. The molecule has 0 saturated carbocycles. The smallest absolute Gasteiger partial charge is 0.197 e. The van der Waals surface area contributed by atoms with E-state index >= 15 is 0 Å². The second-order valence-corrected chi connectivity index (χ2v) is 3.16. The predicted octanol–water partition coefficient (Wildman–Crippen LogP) is 2.73. The number of ketones is 2. The minimum absolute atomic E-state index is 0.292. The van der Waals surface area contributed by atoms with Gasteiger partial charge in [0.15, 0.2) is 11.6 Å². The highest BCUT2D eigenvalue weighted by atomic mass is 32.1. The van der Waals surface area contributed by atoms with E-state index in [1.165, 1.54) is 11.8 Å². The summed E-state index contributed by atoms with van der Waals surface area (Å²) in [6, 6.07) is 0. The van der Waals surface area contributed by atoms with Crippen LogP contribution in [-0.2, 0) is 9.59 Å². The predicted molar refractivity (Wildman–Crippen MR) is 59.2 cm³/mol. The van der Waals surface area contributed by atoms with E-state index in [2.05, 4.69) is 13.8 Å². The van der Waals surface area contributed by atoms with Crippen LogP contribution in [0.1, 0.15) is 47.0 Å². The first-order chi connectivity index (χ1) is 5.99. The summed E-state index contributed by atoms with van der Waals surface area (Å²) in [5, 5.41) is 0. The monoisotopic (exact) mass is 202 g/mol. The number of hydrogen-bond donors (Lipinski definition) is 0. The molecule has 0 amide bonds. The highest BCUT2D eigenvalue weighted by Crippen LogP contribution is 1.87. The van der Waals surface area contributed by atoms with E-state index in [-0.39, 0.29) is 11.6 Å². The molecular weight excluding hydrogens is 184 g/mol. The van der Waals surface area contributed by atoms with Crippen LogP contribution >= 0.6 is 12.2 Å². The molecule has 0 aliphatic carbocycles. The number of Topliss-reactive ketones (excluding diaryl/α,β-unsaturated/α-hetero) is 2. The van der Waals surface area contributed by atoms with Gasteiger partial charge in [-0.25, -0.2) is 0 Å². The first-order valence-corrected chi connectivity index (χ1v) is 4.95.